The molecular weight excluding hydrogens is 386 g/mol. The minimum absolute atomic E-state index is 0.0282. The number of methoxy groups -OCH3 is 1. The summed E-state index contributed by atoms with van der Waals surface area (Å²) < 4.78 is 36.2. The number of benzene rings is 1. The zero-order valence-corrected chi connectivity index (χ0v) is 16.3. The fourth-order valence-electron chi connectivity index (χ4n) is 3.36. The van der Waals surface area contributed by atoms with Gasteiger partial charge in [0.15, 0.2) is 0 Å². The van der Waals surface area contributed by atoms with E-state index in [1.165, 1.54) is 12.3 Å². The Kier molecular flexibility index (Phi) is 6.85. The number of carbonyl (C=O) groups excluding carboxylic acids is 1. The summed E-state index contributed by atoms with van der Waals surface area (Å²) in [6.07, 6.45) is 2.91. The smallest absolute Gasteiger partial charge is 0.290 e. The third-order valence-corrected chi connectivity index (χ3v) is 5.68. The quantitative estimate of drug-likeness (QED) is 0.705. The van der Waals surface area contributed by atoms with Crippen LogP contribution in [0.3, 0.4) is 0 Å². The topological polar surface area (TPSA) is 60.5 Å². The lowest BCUT2D eigenvalue weighted by Crippen LogP contribution is -2.44. The summed E-state index contributed by atoms with van der Waals surface area (Å²) in [7, 11) is 1.61. The van der Waals surface area contributed by atoms with Crippen LogP contribution in [0.2, 0.25) is 0 Å². The molecule has 2 heterocycles. The molecule has 2 aromatic rings. The number of pyridine rings is 1. The molecule has 1 aromatic carbocycles. The van der Waals surface area contributed by atoms with E-state index < -0.39 is 11.7 Å². The van der Waals surface area contributed by atoms with Crippen LogP contribution < -0.4 is 10.1 Å². The van der Waals surface area contributed by atoms with Crippen LogP contribution in [-0.2, 0) is 10.2 Å². The highest BCUT2D eigenvalue weighted by atomic mass is 32.2. The zero-order chi connectivity index (χ0) is 20.0. The molecule has 1 fully saturated rings. The third-order valence-electron chi connectivity index (χ3n) is 4.96. The molecule has 0 saturated carbocycles. The second kappa shape index (κ2) is 9.34. The molecule has 1 saturated heterocycles. The number of thioether (sulfide) groups is 1. The van der Waals surface area contributed by atoms with E-state index in [2.05, 4.69) is 10.3 Å². The second-order valence-electron chi connectivity index (χ2n) is 6.54. The number of alkyl halides is 2. The number of nitrogens with zero attached hydrogens (tertiary/aromatic N) is 1. The van der Waals surface area contributed by atoms with Gasteiger partial charge in [-0.15, -0.1) is 0 Å². The molecular formula is C20H22F2N2O3S. The SMILES string of the molecule is COc1ccc(C2(CNC(=O)c3cccnc3SC(F)F)CCOCC2)cc1. The number of ether oxygens (including phenoxy) is 2. The Hall–Kier alpha value is -2.19. The first kappa shape index (κ1) is 20.5. The van der Waals surface area contributed by atoms with Crippen molar-refractivity contribution in [3.05, 3.63) is 53.7 Å². The molecule has 1 N–H and O–H groups in total. The number of hydrogen-bond donors (Lipinski definition) is 1. The van der Waals surface area contributed by atoms with Gasteiger partial charge in [0.2, 0.25) is 0 Å². The van der Waals surface area contributed by atoms with Gasteiger partial charge in [0.1, 0.15) is 10.8 Å². The maximum Gasteiger partial charge on any atom is 0.290 e. The summed E-state index contributed by atoms with van der Waals surface area (Å²) in [6.45, 7) is 1.58. The van der Waals surface area contributed by atoms with E-state index in [-0.39, 0.29) is 27.8 Å². The Balaban J connectivity index is 1.78. The highest BCUT2D eigenvalue weighted by Gasteiger charge is 2.35. The zero-order valence-electron chi connectivity index (χ0n) is 15.5. The van der Waals surface area contributed by atoms with Gasteiger partial charge in [0.05, 0.1) is 12.7 Å². The lowest BCUT2D eigenvalue weighted by Gasteiger charge is -2.38. The van der Waals surface area contributed by atoms with Crippen molar-refractivity contribution in [3.8, 4) is 5.75 Å². The third kappa shape index (κ3) is 4.80. The molecule has 1 aromatic heterocycles. The second-order valence-corrected chi connectivity index (χ2v) is 7.52. The summed E-state index contributed by atoms with van der Waals surface area (Å²) in [5, 5.41) is 2.95. The molecule has 8 heteroatoms. The van der Waals surface area contributed by atoms with Crippen molar-refractivity contribution in [2.24, 2.45) is 0 Å². The Morgan fingerprint density at radius 2 is 2.00 bits per heavy atom. The molecule has 1 aliphatic heterocycles. The molecule has 0 aliphatic carbocycles. The van der Waals surface area contributed by atoms with E-state index in [1.54, 1.807) is 13.2 Å². The largest absolute Gasteiger partial charge is 0.497 e. The van der Waals surface area contributed by atoms with Crippen LogP contribution in [0.1, 0.15) is 28.8 Å². The lowest BCUT2D eigenvalue weighted by atomic mass is 9.74. The molecule has 1 aliphatic rings. The average Bonchev–Trinajstić information content (AvgIpc) is 2.73. The first-order valence-corrected chi connectivity index (χ1v) is 9.82. The van der Waals surface area contributed by atoms with Crippen molar-refractivity contribution < 1.29 is 23.0 Å². The Morgan fingerprint density at radius 1 is 1.29 bits per heavy atom. The standard InChI is InChI=1S/C20H22F2N2O3S/c1-26-15-6-4-14(5-7-15)20(8-11-27-12-9-20)13-24-17(25)16-3-2-10-23-18(16)28-19(21)22/h2-7,10,19H,8-9,11-13H2,1H3,(H,24,25). The van der Waals surface area contributed by atoms with Crippen molar-refractivity contribution in [1.82, 2.24) is 10.3 Å². The average molecular weight is 408 g/mol. The van der Waals surface area contributed by atoms with Gasteiger partial charge in [-0.3, -0.25) is 4.79 Å². The molecule has 150 valence electrons. The van der Waals surface area contributed by atoms with Crippen molar-refractivity contribution in [2.75, 3.05) is 26.9 Å². The van der Waals surface area contributed by atoms with Gasteiger partial charge in [-0.05, 0) is 54.4 Å². The monoisotopic (exact) mass is 408 g/mol. The van der Waals surface area contributed by atoms with E-state index in [4.69, 9.17) is 9.47 Å². The Morgan fingerprint density at radius 3 is 2.64 bits per heavy atom. The number of aromatic nitrogens is 1. The molecule has 28 heavy (non-hydrogen) atoms. The van der Waals surface area contributed by atoms with Crippen LogP contribution in [-0.4, -0.2) is 43.5 Å². The van der Waals surface area contributed by atoms with Gasteiger partial charge in [-0.2, -0.15) is 8.78 Å². The van der Waals surface area contributed by atoms with E-state index in [1.807, 2.05) is 24.3 Å². The fraction of sp³-hybridized carbons (Fsp3) is 0.400. The van der Waals surface area contributed by atoms with Crippen LogP contribution in [0.4, 0.5) is 8.78 Å². The van der Waals surface area contributed by atoms with Crippen LogP contribution in [0.25, 0.3) is 0 Å². The summed E-state index contributed by atoms with van der Waals surface area (Å²) in [4.78, 5) is 16.6. The van der Waals surface area contributed by atoms with Gasteiger partial charge in [0, 0.05) is 31.4 Å². The number of hydrogen-bond acceptors (Lipinski definition) is 5. The van der Waals surface area contributed by atoms with Crippen molar-refractivity contribution in [2.45, 2.75) is 29.0 Å². The molecule has 0 unspecified atom stereocenters. The number of nitrogens with one attached hydrogen (secondary N) is 1. The van der Waals surface area contributed by atoms with Crippen LogP contribution in [0.5, 0.6) is 5.75 Å². The molecule has 1 amide bonds. The molecule has 0 bridgehead atoms. The number of halogens is 2. The van der Waals surface area contributed by atoms with Gasteiger partial charge in [-0.1, -0.05) is 12.1 Å². The first-order chi connectivity index (χ1) is 13.5. The molecule has 5 nitrogen and oxygen atoms in total. The fourth-order valence-corrected chi connectivity index (χ4v) is 3.94. The summed E-state index contributed by atoms with van der Waals surface area (Å²) in [5.41, 5.74) is 0.966. The van der Waals surface area contributed by atoms with Crippen molar-refractivity contribution in [1.29, 1.82) is 0 Å². The van der Waals surface area contributed by atoms with Gasteiger partial charge in [-0.25, -0.2) is 4.98 Å². The van der Waals surface area contributed by atoms with Crippen LogP contribution >= 0.6 is 11.8 Å². The summed E-state index contributed by atoms with van der Waals surface area (Å²) in [6, 6.07) is 10.9. The predicted octanol–water partition coefficient (Wildman–Crippen LogP) is 3.88. The summed E-state index contributed by atoms with van der Waals surface area (Å²) in [5.74, 6) is -2.28. The van der Waals surface area contributed by atoms with E-state index >= 15 is 0 Å². The van der Waals surface area contributed by atoms with Gasteiger partial charge in [0.25, 0.3) is 11.7 Å². The maximum absolute atomic E-state index is 12.8. The Bertz CT molecular complexity index is 796. The first-order valence-electron chi connectivity index (χ1n) is 8.94. The normalized spacial score (nSPS) is 16.0. The summed E-state index contributed by atoms with van der Waals surface area (Å²) >= 11 is 0.275. The van der Waals surface area contributed by atoms with Crippen molar-refractivity contribution >= 4 is 17.7 Å². The van der Waals surface area contributed by atoms with E-state index in [9.17, 15) is 13.6 Å². The maximum atomic E-state index is 12.8. The highest BCUT2D eigenvalue weighted by molar-refractivity contribution is 7.99. The van der Waals surface area contributed by atoms with E-state index in [0.717, 1.165) is 24.2 Å². The van der Waals surface area contributed by atoms with Gasteiger partial charge >= 0.3 is 0 Å². The van der Waals surface area contributed by atoms with E-state index in [0.29, 0.717) is 19.8 Å². The molecule has 0 spiro atoms. The number of rotatable bonds is 7. The number of amides is 1. The van der Waals surface area contributed by atoms with Crippen molar-refractivity contribution in [3.63, 3.8) is 0 Å². The minimum atomic E-state index is -2.64. The Labute approximate surface area is 166 Å². The number of carbonyl (C=O) groups is 1. The predicted molar refractivity (Wildman–Crippen MR) is 103 cm³/mol. The molecule has 0 atom stereocenters. The lowest BCUT2D eigenvalue weighted by molar-refractivity contribution is 0.0486. The molecule has 3 rings (SSSR count). The molecule has 0 radical (unpaired) electrons. The highest BCUT2D eigenvalue weighted by Crippen LogP contribution is 2.35. The van der Waals surface area contributed by atoms with Crippen LogP contribution in [0, 0.1) is 0 Å². The van der Waals surface area contributed by atoms with Crippen LogP contribution in [0.15, 0.2) is 47.6 Å². The minimum Gasteiger partial charge on any atom is -0.497 e. The van der Waals surface area contributed by atoms with Gasteiger partial charge < -0.3 is 14.8 Å².